The van der Waals surface area contributed by atoms with Gasteiger partial charge in [0.05, 0.1) is 18.8 Å². The molecule has 1 aromatic rings. The zero-order valence-corrected chi connectivity index (χ0v) is 13.6. The van der Waals surface area contributed by atoms with Crippen molar-refractivity contribution in [1.82, 2.24) is 9.80 Å². The molecule has 1 aromatic carbocycles. The standard InChI is InChI=1S/C17H23F3N2O2/c18-17(19,20)15-4-2-14(3-5-15)12-21-6-1-7-22(9-8-21)13-16-23-10-11-24-16/h2-5,16H,1,6-13H2. The molecule has 0 radical (unpaired) electrons. The van der Waals surface area contributed by atoms with Crippen molar-refractivity contribution in [2.75, 3.05) is 45.9 Å². The number of alkyl halides is 3. The minimum Gasteiger partial charge on any atom is -0.349 e. The van der Waals surface area contributed by atoms with Gasteiger partial charge >= 0.3 is 6.18 Å². The highest BCUT2D eigenvalue weighted by Crippen LogP contribution is 2.29. The number of rotatable bonds is 4. The molecule has 3 rings (SSSR count). The lowest BCUT2D eigenvalue weighted by atomic mass is 10.1. The van der Waals surface area contributed by atoms with Crippen LogP contribution in [0.4, 0.5) is 13.2 Å². The fourth-order valence-corrected chi connectivity index (χ4v) is 3.15. The maximum absolute atomic E-state index is 12.6. The molecule has 7 heteroatoms. The molecule has 0 atom stereocenters. The van der Waals surface area contributed by atoms with Crippen LogP contribution in [0.3, 0.4) is 0 Å². The monoisotopic (exact) mass is 344 g/mol. The van der Waals surface area contributed by atoms with E-state index in [4.69, 9.17) is 9.47 Å². The molecule has 0 amide bonds. The van der Waals surface area contributed by atoms with Crippen molar-refractivity contribution in [3.05, 3.63) is 35.4 Å². The fourth-order valence-electron chi connectivity index (χ4n) is 3.15. The molecule has 2 fully saturated rings. The van der Waals surface area contributed by atoms with Crippen molar-refractivity contribution in [3.8, 4) is 0 Å². The van der Waals surface area contributed by atoms with Gasteiger partial charge in [-0.3, -0.25) is 9.80 Å². The van der Waals surface area contributed by atoms with Crippen molar-refractivity contribution in [2.24, 2.45) is 0 Å². The molecule has 134 valence electrons. The van der Waals surface area contributed by atoms with Gasteiger partial charge in [-0.2, -0.15) is 13.2 Å². The van der Waals surface area contributed by atoms with Crippen LogP contribution in [0.2, 0.25) is 0 Å². The van der Waals surface area contributed by atoms with Crippen molar-refractivity contribution in [1.29, 1.82) is 0 Å². The van der Waals surface area contributed by atoms with Crippen LogP contribution in [-0.2, 0) is 22.2 Å². The van der Waals surface area contributed by atoms with E-state index >= 15 is 0 Å². The van der Waals surface area contributed by atoms with Crippen LogP contribution in [0.15, 0.2) is 24.3 Å². The summed E-state index contributed by atoms with van der Waals surface area (Å²) in [6.07, 6.45) is -3.36. The SMILES string of the molecule is FC(F)(F)c1ccc(CN2CCCN(CC3OCCO3)CC2)cc1. The summed E-state index contributed by atoms with van der Waals surface area (Å²) < 4.78 is 48.8. The van der Waals surface area contributed by atoms with E-state index in [1.54, 1.807) is 12.1 Å². The number of halogens is 3. The maximum Gasteiger partial charge on any atom is 0.416 e. The van der Waals surface area contributed by atoms with Crippen LogP contribution in [0.25, 0.3) is 0 Å². The first-order valence-corrected chi connectivity index (χ1v) is 8.35. The number of nitrogens with zero attached hydrogens (tertiary/aromatic N) is 2. The third-order valence-electron chi connectivity index (χ3n) is 4.47. The first-order valence-electron chi connectivity index (χ1n) is 8.35. The van der Waals surface area contributed by atoms with Gasteiger partial charge in [0.1, 0.15) is 0 Å². The smallest absolute Gasteiger partial charge is 0.349 e. The van der Waals surface area contributed by atoms with Gasteiger partial charge in [0.2, 0.25) is 0 Å². The predicted molar refractivity (Wildman–Crippen MR) is 83.5 cm³/mol. The first kappa shape index (κ1) is 17.7. The average Bonchev–Trinajstić information content (AvgIpc) is 2.95. The first-order chi connectivity index (χ1) is 11.5. The van der Waals surface area contributed by atoms with Gasteiger partial charge in [-0.05, 0) is 37.2 Å². The molecule has 0 saturated carbocycles. The highest BCUT2D eigenvalue weighted by molar-refractivity contribution is 5.24. The quantitative estimate of drug-likeness (QED) is 0.838. The van der Waals surface area contributed by atoms with Gasteiger partial charge in [0.25, 0.3) is 0 Å². The molecular formula is C17H23F3N2O2. The number of hydrogen-bond donors (Lipinski definition) is 0. The minimum atomic E-state index is -4.27. The van der Waals surface area contributed by atoms with Crippen LogP contribution in [0.5, 0.6) is 0 Å². The number of benzene rings is 1. The number of ether oxygens (including phenoxy) is 2. The third-order valence-corrected chi connectivity index (χ3v) is 4.47. The average molecular weight is 344 g/mol. The zero-order chi connectivity index (χ0) is 17.0. The van der Waals surface area contributed by atoms with E-state index in [9.17, 15) is 13.2 Å². The summed E-state index contributed by atoms with van der Waals surface area (Å²) >= 11 is 0. The molecule has 0 aliphatic carbocycles. The minimum absolute atomic E-state index is 0.119. The molecular weight excluding hydrogens is 321 g/mol. The van der Waals surface area contributed by atoms with E-state index in [2.05, 4.69) is 9.80 Å². The van der Waals surface area contributed by atoms with E-state index in [-0.39, 0.29) is 6.29 Å². The van der Waals surface area contributed by atoms with Gasteiger partial charge in [-0.15, -0.1) is 0 Å². The highest BCUT2D eigenvalue weighted by atomic mass is 19.4. The van der Waals surface area contributed by atoms with Gasteiger partial charge in [0, 0.05) is 26.2 Å². The van der Waals surface area contributed by atoms with E-state index in [0.29, 0.717) is 19.8 Å². The summed E-state index contributed by atoms with van der Waals surface area (Å²) in [5.74, 6) is 0. The molecule has 0 unspecified atom stereocenters. The summed E-state index contributed by atoms with van der Waals surface area (Å²) in [5, 5.41) is 0. The second-order valence-electron chi connectivity index (χ2n) is 6.30. The molecule has 0 spiro atoms. The van der Waals surface area contributed by atoms with Gasteiger partial charge in [0.15, 0.2) is 6.29 Å². The summed E-state index contributed by atoms with van der Waals surface area (Å²) in [4.78, 5) is 4.63. The summed E-state index contributed by atoms with van der Waals surface area (Å²) in [6, 6.07) is 5.47. The third kappa shape index (κ3) is 4.92. The molecule has 0 bridgehead atoms. The van der Waals surface area contributed by atoms with E-state index < -0.39 is 11.7 Å². The van der Waals surface area contributed by atoms with Gasteiger partial charge < -0.3 is 9.47 Å². The Hall–Kier alpha value is -1.15. The molecule has 2 aliphatic heterocycles. The summed E-state index contributed by atoms with van der Waals surface area (Å²) in [6.45, 7) is 6.56. The van der Waals surface area contributed by atoms with Crippen LogP contribution in [0, 0.1) is 0 Å². The van der Waals surface area contributed by atoms with Crippen molar-refractivity contribution in [3.63, 3.8) is 0 Å². The van der Waals surface area contributed by atoms with E-state index in [1.165, 1.54) is 0 Å². The maximum atomic E-state index is 12.6. The van der Waals surface area contributed by atoms with E-state index in [0.717, 1.165) is 56.8 Å². The Morgan fingerprint density at radius 2 is 1.54 bits per heavy atom. The second kappa shape index (κ2) is 7.82. The highest BCUT2D eigenvalue weighted by Gasteiger charge is 2.30. The van der Waals surface area contributed by atoms with Crippen LogP contribution in [0.1, 0.15) is 17.5 Å². The molecule has 0 aromatic heterocycles. The Morgan fingerprint density at radius 1 is 0.917 bits per heavy atom. The normalized spacial score (nSPS) is 22.0. The van der Waals surface area contributed by atoms with E-state index in [1.807, 2.05) is 0 Å². The molecule has 2 heterocycles. The van der Waals surface area contributed by atoms with Crippen molar-refractivity contribution in [2.45, 2.75) is 25.4 Å². The molecule has 24 heavy (non-hydrogen) atoms. The number of hydrogen-bond acceptors (Lipinski definition) is 4. The molecule has 4 nitrogen and oxygen atoms in total. The van der Waals surface area contributed by atoms with Gasteiger partial charge in [-0.1, -0.05) is 12.1 Å². The lowest BCUT2D eigenvalue weighted by Crippen LogP contribution is -2.36. The summed E-state index contributed by atoms with van der Waals surface area (Å²) in [7, 11) is 0. The topological polar surface area (TPSA) is 24.9 Å². The van der Waals surface area contributed by atoms with Crippen LogP contribution >= 0.6 is 0 Å². The molecule has 2 saturated heterocycles. The Labute approximate surface area is 140 Å². The predicted octanol–water partition coefficient (Wildman–Crippen LogP) is 2.59. The Bertz CT molecular complexity index is 516. The van der Waals surface area contributed by atoms with Crippen LogP contribution in [-0.4, -0.2) is 62.0 Å². The molecule has 2 aliphatic rings. The lowest BCUT2D eigenvalue weighted by molar-refractivity contribution is -0.137. The van der Waals surface area contributed by atoms with Gasteiger partial charge in [-0.25, -0.2) is 0 Å². The van der Waals surface area contributed by atoms with Crippen molar-refractivity contribution < 1.29 is 22.6 Å². The summed E-state index contributed by atoms with van der Waals surface area (Å²) in [5.41, 5.74) is 0.323. The Kier molecular flexibility index (Phi) is 5.76. The van der Waals surface area contributed by atoms with Crippen molar-refractivity contribution >= 4 is 0 Å². The fraction of sp³-hybridized carbons (Fsp3) is 0.647. The zero-order valence-electron chi connectivity index (χ0n) is 13.6. The Balaban J connectivity index is 1.49. The second-order valence-corrected chi connectivity index (χ2v) is 6.30. The lowest BCUT2D eigenvalue weighted by Gasteiger charge is -2.23. The van der Waals surface area contributed by atoms with Crippen LogP contribution < -0.4 is 0 Å². The largest absolute Gasteiger partial charge is 0.416 e. The molecule has 0 N–H and O–H groups in total. The Morgan fingerprint density at radius 3 is 2.21 bits per heavy atom.